The van der Waals surface area contributed by atoms with Gasteiger partial charge in [-0.25, -0.2) is 6.32 Å². The quantitative estimate of drug-likeness (QED) is 0.260. The fourth-order valence-electron chi connectivity index (χ4n) is 3.74. The molecule has 2 atom stereocenters. The molecule has 0 N–H and O–H groups in total. The van der Waals surface area contributed by atoms with Crippen LogP contribution in [0, 0.1) is 32.6 Å². The topological polar surface area (TPSA) is 0 Å². The molecule has 2 fully saturated rings. The van der Waals surface area contributed by atoms with Gasteiger partial charge in [0, 0.05) is 65.4 Å². The summed E-state index contributed by atoms with van der Waals surface area (Å²) in [5, 5.41) is 0. The summed E-state index contributed by atoms with van der Waals surface area (Å²) < 4.78 is 0. The standard InChI is InChI=1S/C13H23B.C5H12.2C2H6.CH3.2Y/c1-3-14(12-6-4-5-7-12)13-9-8-11(2)10-13;1-5(2,3)4;2*1-2;;;/h11-13H,1-10H2;1-4H3;2*1-2H3;1H3;;/q-2;;;;-1;;. The number of rotatable bonds is 3. The Morgan fingerprint density at radius 1 is 0.808 bits per heavy atom. The molecular weight excluding hydrogens is 465 g/mol. The first-order valence-corrected chi connectivity index (χ1v) is 10.4. The van der Waals surface area contributed by atoms with E-state index in [1.54, 1.807) is 0 Å². The summed E-state index contributed by atoms with van der Waals surface area (Å²) in [6.45, 7) is 26.1. The maximum Gasteiger partial charge on any atom is 0.116 e. The molecule has 2 radical (unpaired) electrons. The number of hydrogen-bond donors (Lipinski definition) is 0. The summed E-state index contributed by atoms with van der Waals surface area (Å²) in [5.74, 6) is 2.73. The van der Waals surface area contributed by atoms with E-state index in [0.29, 0.717) is 5.41 Å². The second-order valence-corrected chi connectivity index (χ2v) is 8.44. The monoisotopic (exact) mass is 515 g/mol. The summed E-state index contributed by atoms with van der Waals surface area (Å²) in [6.07, 6.45) is 11.3. The number of hydrogen-bond acceptors (Lipinski definition) is 0. The van der Waals surface area contributed by atoms with Gasteiger partial charge >= 0.3 is 0 Å². The largest absolute Gasteiger partial charge is 0.358 e. The molecule has 2 aliphatic carbocycles. The average molecular weight is 515 g/mol. The first-order chi connectivity index (χ1) is 10.8. The summed E-state index contributed by atoms with van der Waals surface area (Å²) in [7, 11) is 0. The molecule has 0 aromatic heterocycles. The van der Waals surface area contributed by atoms with Crippen LogP contribution in [0.1, 0.15) is 100 Å². The van der Waals surface area contributed by atoms with Crippen molar-refractivity contribution >= 4 is 6.71 Å². The minimum Gasteiger partial charge on any atom is -0.358 e. The van der Waals surface area contributed by atoms with Crippen LogP contribution in [0.2, 0.25) is 18.0 Å². The molecule has 0 amide bonds. The van der Waals surface area contributed by atoms with Gasteiger partial charge in [0.25, 0.3) is 0 Å². The summed E-state index contributed by atoms with van der Waals surface area (Å²) in [6, 6.07) is 0. The van der Waals surface area contributed by atoms with Crippen molar-refractivity contribution in [2.75, 3.05) is 0 Å². The van der Waals surface area contributed by atoms with Gasteiger partial charge in [-0.15, -0.1) is 0 Å². The van der Waals surface area contributed by atoms with Crippen molar-refractivity contribution < 1.29 is 65.4 Å². The second kappa shape index (κ2) is 23.6. The first kappa shape index (κ1) is 38.8. The van der Waals surface area contributed by atoms with Gasteiger partial charge in [-0.05, 0) is 5.41 Å². The van der Waals surface area contributed by atoms with Gasteiger partial charge in [-0.3, -0.25) is 0 Å². The van der Waals surface area contributed by atoms with Crippen molar-refractivity contribution in [2.24, 2.45) is 11.3 Å². The zero-order chi connectivity index (χ0) is 18.5. The van der Waals surface area contributed by atoms with E-state index < -0.39 is 0 Å². The molecule has 0 spiro atoms. The third kappa shape index (κ3) is 21.0. The Morgan fingerprint density at radius 2 is 1.19 bits per heavy atom. The van der Waals surface area contributed by atoms with E-state index in [2.05, 4.69) is 41.5 Å². The van der Waals surface area contributed by atoms with Crippen molar-refractivity contribution in [3.63, 3.8) is 0 Å². The Kier molecular flexibility index (Phi) is 35.2. The van der Waals surface area contributed by atoms with Crippen LogP contribution < -0.4 is 0 Å². The van der Waals surface area contributed by atoms with E-state index >= 15 is 0 Å². The van der Waals surface area contributed by atoms with Crippen LogP contribution in [0.5, 0.6) is 0 Å². The fraction of sp³-hybridized carbons (Fsp3) is 0.870. The van der Waals surface area contributed by atoms with E-state index in [0.717, 1.165) is 24.3 Å². The molecular formula is C23H50BY2-3. The van der Waals surface area contributed by atoms with E-state index in [1.165, 1.54) is 51.3 Å². The maximum atomic E-state index is 4.21. The Labute approximate surface area is 220 Å². The van der Waals surface area contributed by atoms with Crippen molar-refractivity contribution in [1.29, 1.82) is 0 Å². The Bertz CT molecular complexity index is 239. The maximum absolute atomic E-state index is 4.21. The SMILES string of the molecule is CC.CC.CC(C)(C)C.[CH2-]CB(C1CCCC1)C1CCC([CH2-])C1.[CH3-].[Y].[Y]. The van der Waals surface area contributed by atoms with Gasteiger partial charge in [0.2, 0.25) is 0 Å². The predicted molar refractivity (Wildman–Crippen MR) is 119 cm³/mol. The summed E-state index contributed by atoms with van der Waals surface area (Å²) in [4.78, 5) is 0. The van der Waals surface area contributed by atoms with Gasteiger partial charge in [-0.1, -0.05) is 112 Å². The van der Waals surface area contributed by atoms with Gasteiger partial charge in [0.1, 0.15) is 6.71 Å². The zero-order valence-corrected chi connectivity index (χ0v) is 25.7. The third-order valence-electron chi connectivity index (χ3n) is 4.53. The van der Waals surface area contributed by atoms with Crippen LogP contribution in [-0.2, 0) is 65.4 Å². The summed E-state index contributed by atoms with van der Waals surface area (Å²) >= 11 is 0. The molecule has 0 aromatic rings. The van der Waals surface area contributed by atoms with Gasteiger partial charge in [0.05, 0.1) is 0 Å². The van der Waals surface area contributed by atoms with Gasteiger partial charge in [0.15, 0.2) is 0 Å². The smallest absolute Gasteiger partial charge is 0.116 e. The molecule has 0 aliphatic heterocycles. The van der Waals surface area contributed by atoms with Crippen molar-refractivity contribution in [2.45, 2.75) is 118 Å². The van der Waals surface area contributed by atoms with E-state index in [4.69, 9.17) is 0 Å². The van der Waals surface area contributed by atoms with Gasteiger partial charge in [-0.2, -0.15) is 5.92 Å². The Balaban J connectivity index is -0.000000107. The molecule has 26 heavy (non-hydrogen) atoms. The van der Waals surface area contributed by atoms with Crippen molar-refractivity contribution in [3.8, 4) is 0 Å². The van der Waals surface area contributed by atoms with Crippen LogP contribution in [0.15, 0.2) is 0 Å². The molecule has 154 valence electrons. The normalized spacial score (nSPS) is 21.0. The van der Waals surface area contributed by atoms with Crippen LogP contribution in [0.3, 0.4) is 0 Å². The molecule has 0 heterocycles. The first-order valence-electron chi connectivity index (χ1n) is 10.4. The molecule has 3 heteroatoms. The van der Waals surface area contributed by atoms with Crippen molar-refractivity contribution in [1.82, 2.24) is 0 Å². The third-order valence-corrected chi connectivity index (χ3v) is 4.53. The predicted octanol–water partition coefficient (Wildman–Crippen LogP) is 8.81. The minimum atomic E-state index is 0. The van der Waals surface area contributed by atoms with E-state index in [9.17, 15) is 0 Å². The summed E-state index contributed by atoms with van der Waals surface area (Å²) in [5.41, 5.74) is 0.500. The molecule has 0 saturated heterocycles. The van der Waals surface area contributed by atoms with Crippen LogP contribution >= 0.6 is 0 Å². The molecule has 2 rings (SSSR count). The fourth-order valence-corrected chi connectivity index (χ4v) is 3.74. The molecule has 0 nitrogen and oxygen atoms in total. The van der Waals surface area contributed by atoms with Gasteiger partial charge < -0.3 is 21.3 Å². The van der Waals surface area contributed by atoms with Crippen LogP contribution in [0.25, 0.3) is 0 Å². The second-order valence-electron chi connectivity index (χ2n) is 8.44. The van der Waals surface area contributed by atoms with Crippen molar-refractivity contribution in [3.05, 3.63) is 21.3 Å². The zero-order valence-electron chi connectivity index (χ0n) is 20.0. The molecule has 2 aliphatic rings. The molecule has 2 unspecified atom stereocenters. The minimum absolute atomic E-state index is 0. The average Bonchev–Trinajstić information content (AvgIpc) is 3.15. The molecule has 0 bridgehead atoms. The Hall–Kier alpha value is 2.27. The molecule has 0 aromatic carbocycles. The van der Waals surface area contributed by atoms with E-state index in [1.807, 2.05) is 27.7 Å². The van der Waals surface area contributed by atoms with E-state index in [-0.39, 0.29) is 72.8 Å². The van der Waals surface area contributed by atoms with Crippen LogP contribution in [-0.4, -0.2) is 6.71 Å². The Morgan fingerprint density at radius 3 is 1.46 bits per heavy atom. The van der Waals surface area contributed by atoms with Crippen LogP contribution in [0.4, 0.5) is 0 Å². The molecule has 2 saturated carbocycles.